The molecule has 0 radical (unpaired) electrons. The summed E-state index contributed by atoms with van der Waals surface area (Å²) in [4.78, 5) is 9.12. The van der Waals surface area contributed by atoms with Crippen molar-refractivity contribution in [2.75, 3.05) is 0 Å². The Hall–Kier alpha value is -4.58. The molecule has 1 N–H and O–H groups in total. The lowest BCUT2D eigenvalue weighted by atomic mass is 9.70. The van der Waals surface area contributed by atoms with Crippen LogP contribution >= 0.6 is 0 Å². The third-order valence-electron chi connectivity index (χ3n) is 6.93. The molecule has 7 rings (SSSR count). The number of imidazole rings is 1. The first-order valence-electron chi connectivity index (χ1n) is 11.3. The van der Waals surface area contributed by atoms with Crippen LogP contribution in [-0.2, 0) is 12.5 Å². The minimum Gasteiger partial charge on any atom is -0.281 e. The van der Waals surface area contributed by atoms with Crippen molar-refractivity contribution < 1.29 is 4.57 Å². The topological polar surface area (TPSA) is 63.3 Å². The van der Waals surface area contributed by atoms with E-state index in [4.69, 9.17) is 0 Å². The van der Waals surface area contributed by atoms with E-state index in [2.05, 4.69) is 104 Å². The maximum Gasteiger partial charge on any atom is 0.322 e. The first kappa shape index (κ1) is 18.9. The molecule has 0 saturated carbocycles. The van der Waals surface area contributed by atoms with Gasteiger partial charge in [-0.2, -0.15) is 5.10 Å². The molecule has 3 aromatic carbocycles. The van der Waals surface area contributed by atoms with Gasteiger partial charge in [0.05, 0.1) is 24.4 Å². The molecule has 34 heavy (non-hydrogen) atoms. The Balaban J connectivity index is 1.56. The lowest BCUT2D eigenvalue weighted by Crippen LogP contribution is -2.29. The molecule has 6 nitrogen and oxygen atoms in total. The molecular formula is C28H21N6+. The van der Waals surface area contributed by atoms with E-state index in [1.165, 1.54) is 27.8 Å². The Bertz CT molecular complexity index is 1630. The van der Waals surface area contributed by atoms with Gasteiger partial charge in [0.25, 0.3) is 5.65 Å². The lowest BCUT2D eigenvalue weighted by molar-refractivity contribution is -0.647. The summed E-state index contributed by atoms with van der Waals surface area (Å²) in [5.41, 5.74) is 9.41. The molecule has 0 unspecified atom stereocenters. The van der Waals surface area contributed by atoms with E-state index < -0.39 is 5.41 Å². The second kappa shape index (κ2) is 6.96. The fourth-order valence-corrected chi connectivity index (χ4v) is 5.56. The molecule has 0 fully saturated rings. The van der Waals surface area contributed by atoms with Gasteiger partial charge in [-0.25, -0.2) is 14.1 Å². The average Bonchev–Trinajstić information content (AvgIpc) is 3.61. The van der Waals surface area contributed by atoms with Gasteiger partial charge in [0.15, 0.2) is 6.33 Å². The molecule has 0 saturated heterocycles. The van der Waals surface area contributed by atoms with Crippen molar-refractivity contribution in [1.82, 2.24) is 24.7 Å². The summed E-state index contributed by atoms with van der Waals surface area (Å²) in [6.07, 6.45) is 7.32. The highest BCUT2D eigenvalue weighted by Gasteiger charge is 2.47. The minimum absolute atomic E-state index is 0.503. The van der Waals surface area contributed by atoms with Gasteiger partial charge in [0, 0.05) is 6.20 Å². The van der Waals surface area contributed by atoms with Crippen molar-refractivity contribution in [3.63, 3.8) is 0 Å². The van der Waals surface area contributed by atoms with E-state index >= 15 is 0 Å². The van der Waals surface area contributed by atoms with E-state index in [9.17, 15) is 0 Å². The molecule has 0 aliphatic heterocycles. The molecule has 0 bridgehead atoms. The summed E-state index contributed by atoms with van der Waals surface area (Å²) in [7, 11) is 1.99. The first-order valence-corrected chi connectivity index (χ1v) is 11.3. The monoisotopic (exact) mass is 441 g/mol. The van der Waals surface area contributed by atoms with Crippen LogP contribution in [0.15, 0.2) is 104 Å². The number of nitrogens with zero attached hydrogens (tertiary/aromatic N) is 5. The van der Waals surface area contributed by atoms with Crippen LogP contribution in [0.5, 0.6) is 0 Å². The minimum atomic E-state index is -0.503. The number of H-pyrrole nitrogens is 1. The highest BCUT2D eigenvalue weighted by atomic mass is 15.2. The summed E-state index contributed by atoms with van der Waals surface area (Å²) in [5.74, 6) is 0. The van der Waals surface area contributed by atoms with Crippen LogP contribution in [0.2, 0.25) is 0 Å². The molecule has 6 aromatic rings. The maximum atomic E-state index is 4.61. The number of rotatable bonds is 3. The Morgan fingerprint density at radius 2 is 1.53 bits per heavy atom. The average molecular weight is 442 g/mol. The van der Waals surface area contributed by atoms with E-state index in [1.54, 1.807) is 12.4 Å². The van der Waals surface area contributed by atoms with Crippen molar-refractivity contribution >= 4 is 11.3 Å². The van der Waals surface area contributed by atoms with E-state index in [0.717, 1.165) is 22.7 Å². The summed E-state index contributed by atoms with van der Waals surface area (Å²) in [6.45, 7) is 0. The molecule has 6 heteroatoms. The van der Waals surface area contributed by atoms with Crippen LogP contribution in [0, 0.1) is 0 Å². The van der Waals surface area contributed by atoms with Crippen LogP contribution in [0.25, 0.3) is 28.1 Å². The first-order chi connectivity index (χ1) is 16.8. The summed E-state index contributed by atoms with van der Waals surface area (Å²) < 4.78 is 4.10. The van der Waals surface area contributed by atoms with Gasteiger partial charge in [-0.3, -0.25) is 5.10 Å². The Morgan fingerprint density at radius 1 is 0.794 bits per heavy atom. The number of hydrogen-bond acceptors (Lipinski definition) is 3. The Morgan fingerprint density at radius 3 is 2.26 bits per heavy atom. The number of benzene rings is 3. The number of hydrogen-bond donors (Lipinski definition) is 1. The number of fused-ring (bicyclic) bond motifs is 4. The largest absolute Gasteiger partial charge is 0.322 e. The van der Waals surface area contributed by atoms with Crippen LogP contribution in [0.3, 0.4) is 0 Å². The van der Waals surface area contributed by atoms with Crippen molar-refractivity contribution in [2.45, 2.75) is 5.41 Å². The molecular weight excluding hydrogens is 420 g/mol. The van der Waals surface area contributed by atoms with Crippen molar-refractivity contribution in [3.05, 3.63) is 126 Å². The van der Waals surface area contributed by atoms with Gasteiger partial charge in [-0.15, -0.1) is 4.98 Å². The number of aromatic nitrogens is 6. The second-order valence-corrected chi connectivity index (χ2v) is 8.66. The molecule has 3 aromatic heterocycles. The molecule has 3 heterocycles. The van der Waals surface area contributed by atoms with Gasteiger partial charge in [0.1, 0.15) is 11.9 Å². The molecule has 1 aliphatic carbocycles. The zero-order valence-electron chi connectivity index (χ0n) is 18.6. The van der Waals surface area contributed by atoms with Crippen LogP contribution in [-0.4, -0.2) is 24.7 Å². The lowest BCUT2D eigenvalue weighted by Gasteiger charge is -2.32. The fourth-order valence-electron chi connectivity index (χ4n) is 5.56. The van der Waals surface area contributed by atoms with Crippen molar-refractivity contribution in [1.29, 1.82) is 0 Å². The highest BCUT2D eigenvalue weighted by molar-refractivity contribution is 5.85. The van der Waals surface area contributed by atoms with Gasteiger partial charge in [0.2, 0.25) is 0 Å². The second-order valence-electron chi connectivity index (χ2n) is 8.66. The SMILES string of the molecule is C[n+]1cn(-c2cccc(C3(c4ccn[nH]4)c4ccccc4-c4ccccc43)c2)c2nccnc21. The standard InChI is InChI=1S/C28H21N6/c1-33-18-34(27-26(33)29-15-16-30-27)20-8-6-7-19(17-20)28(25-13-14-31-32-25)23-11-4-2-9-21(23)22-10-3-5-12-24(22)28/h2-18H,1H3,(H,31,32)/q+1. The molecule has 162 valence electrons. The van der Waals surface area contributed by atoms with Crippen molar-refractivity contribution in [3.8, 4) is 16.8 Å². The predicted molar refractivity (Wildman–Crippen MR) is 129 cm³/mol. The molecule has 0 spiro atoms. The maximum absolute atomic E-state index is 4.61. The van der Waals surface area contributed by atoms with Gasteiger partial charge >= 0.3 is 5.65 Å². The Labute approximate surface area is 196 Å². The number of nitrogens with one attached hydrogen (secondary N) is 1. The smallest absolute Gasteiger partial charge is 0.281 e. The number of aryl methyl sites for hydroxylation is 1. The van der Waals surface area contributed by atoms with Crippen molar-refractivity contribution in [2.24, 2.45) is 7.05 Å². The third-order valence-corrected chi connectivity index (χ3v) is 6.93. The molecule has 1 aliphatic rings. The summed E-state index contributed by atoms with van der Waals surface area (Å²) in [5, 5.41) is 7.67. The third kappa shape index (κ3) is 2.39. The van der Waals surface area contributed by atoms with Gasteiger partial charge in [-0.05, 0) is 46.0 Å². The van der Waals surface area contributed by atoms with Crippen LogP contribution < -0.4 is 4.57 Å². The predicted octanol–water partition coefficient (Wildman–Crippen LogP) is 4.33. The van der Waals surface area contributed by atoms with Crippen LogP contribution in [0.4, 0.5) is 0 Å². The molecule has 0 atom stereocenters. The normalized spacial score (nSPS) is 13.7. The van der Waals surface area contributed by atoms with Gasteiger partial charge < -0.3 is 0 Å². The highest BCUT2D eigenvalue weighted by Crippen LogP contribution is 2.55. The number of aromatic amines is 1. The zero-order chi connectivity index (χ0) is 22.7. The van der Waals surface area contributed by atoms with Crippen LogP contribution in [0.1, 0.15) is 22.4 Å². The quantitative estimate of drug-likeness (QED) is 0.415. The fraction of sp³-hybridized carbons (Fsp3) is 0.0714. The summed E-state index contributed by atoms with van der Waals surface area (Å²) in [6, 6.07) is 28.1. The van der Waals surface area contributed by atoms with E-state index in [0.29, 0.717) is 0 Å². The van der Waals surface area contributed by atoms with Gasteiger partial charge in [-0.1, -0.05) is 60.7 Å². The Kier molecular flexibility index (Phi) is 3.88. The molecule has 0 amide bonds. The van der Waals surface area contributed by atoms with E-state index in [-0.39, 0.29) is 0 Å². The summed E-state index contributed by atoms with van der Waals surface area (Å²) >= 11 is 0. The van der Waals surface area contributed by atoms with E-state index in [1.807, 2.05) is 24.1 Å². The zero-order valence-corrected chi connectivity index (χ0v) is 18.6.